The molecule has 8 heteroatoms. The molecule has 0 radical (unpaired) electrons. The Hall–Kier alpha value is -2.90. The Kier molecular flexibility index (Phi) is 3.76. The highest BCUT2D eigenvalue weighted by atomic mass is 16.4. The minimum absolute atomic E-state index is 0.0821. The van der Waals surface area contributed by atoms with Crippen molar-refractivity contribution in [1.29, 1.82) is 0 Å². The predicted octanol–water partition coefficient (Wildman–Crippen LogP) is 0.703. The van der Waals surface area contributed by atoms with Crippen LogP contribution in [0, 0.1) is 5.41 Å². The van der Waals surface area contributed by atoms with Gasteiger partial charge in [0.1, 0.15) is 12.1 Å². The molecule has 1 aromatic carbocycles. The summed E-state index contributed by atoms with van der Waals surface area (Å²) in [5, 5.41) is 12.1. The lowest BCUT2D eigenvalue weighted by molar-refractivity contribution is -0.147. The van der Waals surface area contributed by atoms with E-state index < -0.39 is 34.8 Å². The van der Waals surface area contributed by atoms with Gasteiger partial charge in [-0.3, -0.25) is 19.3 Å². The van der Waals surface area contributed by atoms with E-state index in [2.05, 4.69) is 5.32 Å². The smallest absolute Gasteiger partial charge is 0.325 e. The molecule has 8 nitrogen and oxygen atoms in total. The van der Waals surface area contributed by atoms with Gasteiger partial charge in [-0.2, -0.15) is 0 Å². The van der Waals surface area contributed by atoms with E-state index in [1.165, 1.54) is 4.90 Å². The summed E-state index contributed by atoms with van der Waals surface area (Å²) in [5.41, 5.74) is -0.262. The lowest BCUT2D eigenvalue weighted by Crippen LogP contribution is -2.45. The zero-order valence-corrected chi connectivity index (χ0v) is 15.0. The van der Waals surface area contributed by atoms with Gasteiger partial charge < -0.3 is 15.3 Å². The number of imide groups is 1. The number of likely N-dealkylation sites (tertiary alicyclic amines) is 1. The molecule has 27 heavy (non-hydrogen) atoms. The second kappa shape index (κ2) is 5.80. The van der Waals surface area contributed by atoms with Crippen molar-refractivity contribution in [3.8, 4) is 0 Å². The van der Waals surface area contributed by atoms with Crippen LogP contribution < -0.4 is 5.32 Å². The lowest BCUT2D eigenvalue weighted by Gasteiger charge is -2.24. The topological polar surface area (TPSA) is 107 Å². The number of nitrogens with one attached hydrogen (secondary N) is 1. The number of carbonyl (C=O) groups excluding carboxylic acids is 3. The molecule has 2 fully saturated rings. The van der Waals surface area contributed by atoms with E-state index in [-0.39, 0.29) is 13.1 Å². The van der Waals surface area contributed by atoms with E-state index >= 15 is 0 Å². The fraction of sp³-hybridized carbons (Fsp3) is 0.474. The van der Waals surface area contributed by atoms with Crippen LogP contribution in [0.25, 0.3) is 0 Å². The number of carbonyl (C=O) groups is 4. The molecule has 2 atom stereocenters. The standard InChI is InChI=1S/C19H21N3O5/c1-18(16(25)26)8-9-21(11-18)14(23)10-22-15(24)19(20-17(22)27)7-6-12-4-2-3-5-13(12)19/h2-5H,6-11H2,1H3,(H,20,27)(H,25,26). The highest BCUT2D eigenvalue weighted by molar-refractivity contribution is 6.10. The monoisotopic (exact) mass is 371 g/mol. The maximum absolute atomic E-state index is 13.1. The first-order valence-corrected chi connectivity index (χ1v) is 9.00. The Labute approximate surface area is 156 Å². The summed E-state index contributed by atoms with van der Waals surface area (Å²) in [7, 11) is 0. The molecule has 142 valence electrons. The number of aryl methyl sites for hydroxylation is 1. The van der Waals surface area contributed by atoms with E-state index in [0.717, 1.165) is 16.0 Å². The zero-order chi connectivity index (χ0) is 19.4. The van der Waals surface area contributed by atoms with Crippen molar-refractivity contribution >= 4 is 23.8 Å². The molecule has 4 amide bonds. The number of carboxylic acids is 1. The van der Waals surface area contributed by atoms with Gasteiger partial charge >= 0.3 is 12.0 Å². The number of urea groups is 1. The molecule has 0 saturated carbocycles. The summed E-state index contributed by atoms with van der Waals surface area (Å²) in [5.74, 6) is -1.77. The molecular weight excluding hydrogens is 350 g/mol. The SMILES string of the molecule is CC1(C(=O)O)CCN(C(=O)CN2C(=O)NC3(CCc4ccccc43)C2=O)C1. The van der Waals surface area contributed by atoms with Gasteiger partial charge in [0.25, 0.3) is 5.91 Å². The Morgan fingerprint density at radius 2 is 1.96 bits per heavy atom. The molecular formula is C19H21N3O5. The number of nitrogens with zero attached hydrogens (tertiary/aromatic N) is 2. The van der Waals surface area contributed by atoms with Crippen LogP contribution in [-0.4, -0.2) is 58.4 Å². The van der Waals surface area contributed by atoms with E-state index in [4.69, 9.17) is 0 Å². The first-order valence-electron chi connectivity index (χ1n) is 9.00. The molecule has 4 rings (SSSR count). The number of hydrogen-bond donors (Lipinski definition) is 2. The molecule has 2 unspecified atom stereocenters. The van der Waals surface area contributed by atoms with Gasteiger partial charge in [0.05, 0.1) is 5.41 Å². The van der Waals surface area contributed by atoms with Gasteiger partial charge in [0, 0.05) is 13.1 Å². The van der Waals surface area contributed by atoms with Crippen molar-refractivity contribution in [2.24, 2.45) is 5.41 Å². The normalized spacial score (nSPS) is 29.4. The average Bonchev–Trinajstić information content (AvgIpc) is 3.28. The van der Waals surface area contributed by atoms with Crippen molar-refractivity contribution in [3.63, 3.8) is 0 Å². The predicted molar refractivity (Wildman–Crippen MR) is 93.6 cm³/mol. The summed E-state index contributed by atoms with van der Waals surface area (Å²) < 4.78 is 0. The van der Waals surface area contributed by atoms with Crippen LogP contribution in [0.3, 0.4) is 0 Å². The van der Waals surface area contributed by atoms with Crippen LogP contribution in [0.1, 0.15) is 30.9 Å². The summed E-state index contributed by atoms with van der Waals surface area (Å²) >= 11 is 0. The first-order chi connectivity index (χ1) is 12.8. The number of amides is 4. The number of benzene rings is 1. The van der Waals surface area contributed by atoms with Gasteiger partial charge in [0.2, 0.25) is 5.91 Å². The van der Waals surface area contributed by atoms with Crippen LogP contribution in [-0.2, 0) is 26.3 Å². The van der Waals surface area contributed by atoms with Crippen molar-refractivity contribution in [3.05, 3.63) is 35.4 Å². The third kappa shape index (κ3) is 2.50. The summed E-state index contributed by atoms with van der Waals surface area (Å²) in [6.45, 7) is 1.61. The Morgan fingerprint density at radius 1 is 1.22 bits per heavy atom. The van der Waals surface area contributed by atoms with E-state index in [0.29, 0.717) is 25.8 Å². The number of rotatable bonds is 3. The molecule has 0 bridgehead atoms. The second-order valence-electron chi connectivity index (χ2n) is 7.82. The maximum atomic E-state index is 13.1. The third-order valence-corrected chi connectivity index (χ3v) is 6.06. The fourth-order valence-electron chi connectivity index (χ4n) is 4.32. The Morgan fingerprint density at radius 3 is 2.67 bits per heavy atom. The molecule has 1 aromatic rings. The lowest BCUT2D eigenvalue weighted by atomic mass is 9.90. The Balaban J connectivity index is 1.51. The Bertz CT molecular complexity index is 869. The third-order valence-electron chi connectivity index (χ3n) is 6.06. The minimum Gasteiger partial charge on any atom is -0.481 e. The summed E-state index contributed by atoms with van der Waals surface area (Å²) in [4.78, 5) is 51.9. The molecule has 2 heterocycles. The van der Waals surface area contributed by atoms with Gasteiger partial charge in [0.15, 0.2) is 0 Å². The number of hydrogen-bond acceptors (Lipinski definition) is 4. The summed E-state index contributed by atoms with van der Waals surface area (Å²) in [6.07, 6.45) is 1.51. The van der Waals surface area contributed by atoms with E-state index in [9.17, 15) is 24.3 Å². The molecule has 2 saturated heterocycles. The van der Waals surface area contributed by atoms with Crippen LogP contribution in [0.15, 0.2) is 24.3 Å². The highest BCUT2D eigenvalue weighted by Gasteiger charge is 2.56. The first kappa shape index (κ1) is 17.5. The van der Waals surface area contributed by atoms with Crippen molar-refractivity contribution in [1.82, 2.24) is 15.1 Å². The second-order valence-corrected chi connectivity index (χ2v) is 7.82. The van der Waals surface area contributed by atoms with E-state index in [1.54, 1.807) is 6.92 Å². The number of aliphatic carboxylic acids is 1. The largest absolute Gasteiger partial charge is 0.481 e. The molecule has 2 aliphatic heterocycles. The molecule has 1 aliphatic carbocycles. The van der Waals surface area contributed by atoms with Crippen molar-refractivity contribution in [2.45, 2.75) is 31.7 Å². The van der Waals surface area contributed by atoms with Gasteiger partial charge in [-0.25, -0.2) is 4.79 Å². The average molecular weight is 371 g/mol. The van der Waals surface area contributed by atoms with Crippen molar-refractivity contribution in [2.75, 3.05) is 19.6 Å². The summed E-state index contributed by atoms with van der Waals surface area (Å²) in [6, 6.07) is 6.92. The van der Waals surface area contributed by atoms with Gasteiger partial charge in [-0.15, -0.1) is 0 Å². The quantitative estimate of drug-likeness (QED) is 0.761. The van der Waals surface area contributed by atoms with Crippen LogP contribution in [0.5, 0.6) is 0 Å². The molecule has 0 aromatic heterocycles. The number of fused-ring (bicyclic) bond motifs is 2. The minimum atomic E-state index is -1.09. The number of carboxylic acid groups (broad SMARTS) is 1. The fourth-order valence-corrected chi connectivity index (χ4v) is 4.32. The van der Waals surface area contributed by atoms with Gasteiger partial charge in [-0.1, -0.05) is 24.3 Å². The van der Waals surface area contributed by atoms with Crippen molar-refractivity contribution < 1.29 is 24.3 Å². The maximum Gasteiger partial charge on any atom is 0.325 e. The van der Waals surface area contributed by atoms with E-state index in [1.807, 2.05) is 24.3 Å². The van der Waals surface area contributed by atoms with Crippen LogP contribution in [0.2, 0.25) is 0 Å². The molecule has 1 spiro atoms. The van der Waals surface area contributed by atoms with Crippen LogP contribution in [0.4, 0.5) is 4.79 Å². The zero-order valence-electron chi connectivity index (χ0n) is 15.0. The highest BCUT2D eigenvalue weighted by Crippen LogP contribution is 2.41. The van der Waals surface area contributed by atoms with Crippen LogP contribution >= 0.6 is 0 Å². The molecule has 2 N–H and O–H groups in total. The van der Waals surface area contributed by atoms with Gasteiger partial charge in [-0.05, 0) is 37.3 Å². The molecule has 3 aliphatic rings.